The molecule has 4 aromatic rings. The minimum absolute atomic E-state index is 0.200. The lowest BCUT2D eigenvalue weighted by molar-refractivity contribution is -0.150. The standard InChI is InChI=1S/C29H25NO4/c1-33-26-17-8-7-15-25(26)27(24-16-9-13-22-12-5-6-14-23(22)24)29(19-30,28(31)32)20-34-18-21-10-3-2-4-11-21/h2-17,27H,18,20H2,1H3,(H,31,32)/t27?,29-/m0/s1. The quantitative estimate of drug-likeness (QED) is 0.348. The number of rotatable bonds is 9. The van der Waals surface area contributed by atoms with Crippen LogP contribution < -0.4 is 4.74 Å². The number of carboxylic acids is 1. The summed E-state index contributed by atoms with van der Waals surface area (Å²) in [6, 6.07) is 32.4. The Hall–Kier alpha value is -4.14. The molecule has 0 fully saturated rings. The lowest BCUT2D eigenvalue weighted by Gasteiger charge is -2.33. The zero-order valence-electron chi connectivity index (χ0n) is 18.8. The summed E-state index contributed by atoms with van der Waals surface area (Å²) in [6.45, 7) is -0.0919. The van der Waals surface area contributed by atoms with Crippen molar-refractivity contribution in [2.24, 2.45) is 5.41 Å². The Morgan fingerprint density at radius 2 is 1.56 bits per heavy atom. The summed E-state index contributed by atoms with van der Waals surface area (Å²) in [5.74, 6) is -1.57. The molecule has 0 saturated carbocycles. The second-order valence-electron chi connectivity index (χ2n) is 8.11. The van der Waals surface area contributed by atoms with Gasteiger partial charge in [-0.1, -0.05) is 91.0 Å². The first-order valence-corrected chi connectivity index (χ1v) is 11.0. The SMILES string of the molecule is COc1ccccc1C(c1cccc2ccccc12)[C@](C#N)(COCc1ccccc1)C(=O)O. The van der Waals surface area contributed by atoms with Crippen molar-refractivity contribution in [2.75, 3.05) is 13.7 Å². The molecule has 0 aliphatic rings. The highest BCUT2D eigenvalue weighted by Crippen LogP contribution is 2.47. The molecule has 0 heterocycles. The molecule has 1 unspecified atom stereocenters. The van der Waals surface area contributed by atoms with Gasteiger partial charge >= 0.3 is 5.97 Å². The van der Waals surface area contributed by atoms with Crippen molar-refractivity contribution in [1.29, 1.82) is 5.26 Å². The average Bonchev–Trinajstić information content (AvgIpc) is 2.88. The van der Waals surface area contributed by atoms with E-state index in [9.17, 15) is 15.2 Å². The van der Waals surface area contributed by atoms with Gasteiger partial charge in [-0.25, -0.2) is 0 Å². The van der Waals surface area contributed by atoms with Crippen LogP contribution in [0, 0.1) is 16.7 Å². The van der Waals surface area contributed by atoms with Gasteiger partial charge in [-0.15, -0.1) is 0 Å². The van der Waals surface area contributed by atoms with E-state index >= 15 is 0 Å². The molecule has 0 bridgehead atoms. The molecule has 0 aliphatic heterocycles. The van der Waals surface area contributed by atoms with E-state index in [2.05, 4.69) is 6.07 Å². The normalized spacial score (nSPS) is 13.5. The average molecular weight is 452 g/mol. The van der Waals surface area contributed by atoms with Crippen molar-refractivity contribution >= 4 is 16.7 Å². The molecule has 34 heavy (non-hydrogen) atoms. The van der Waals surface area contributed by atoms with Crippen LogP contribution in [0.15, 0.2) is 97.1 Å². The number of nitriles is 1. The van der Waals surface area contributed by atoms with E-state index in [0.717, 1.165) is 21.9 Å². The summed E-state index contributed by atoms with van der Waals surface area (Å²) in [5, 5.41) is 22.8. The Labute approximate surface area is 198 Å². The number of para-hydroxylation sites is 1. The van der Waals surface area contributed by atoms with Crippen molar-refractivity contribution < 1.29 is 19.4 Å². The van der Waals surface area contributed by atoms with Gasteiger partial charge in [-0.05, 0) is 28.0 Å². The molecule has 0 radical (unpaired) electrons. The lowest BCUT2D eigenvalue weighted by Crippen LogP contribution is -2.41. The Balaban J connectivity index is 1.89. The highest BCUT2D eigenvalue weighted by atomic mass is 16.5. The van der Waals surface area contributed by atoms with E-state index in [0.29, 0.717) is 11.3 Å². The molecule has 1 N–H and O–H groups in total. The van der Waals surface area contributed by atoms with Crippen LogP contribution in [0.2, 0.25) is 0 Å². The van der Waals surface area contributed by atoms with Crippen molar-refractivity contribution in [3.05, 3.63) is 114 Å². The topological polar surface area (TPSA) is 79.5 Å². The van der Waals surface area contributed by atoms with Crippen LogP contribution in [0.3, 0.4) is 0 Å². The van der Waals surface area contributed by atoms with Gasteiger partial charge in [0.25, 0.3) is 0 Å². The fourth-order valence-corrected chi connectivity index (χ4v) is 4.42. The second kappa shape index (κ2) is 10.2. The molecule has 5 nitrogen and oxygen atoms in total. The van der Waals surface area contributed by atoms with Crippen LogP contribution >= 0.6 is 0 Å². The molecule has 2 atom stereocenters. The summed E-state index contributed by atoms with van der Waals surface area (Å²) in [4.78, 5) is 12.9. The van der Waals surface area contributed by atoms with Crippen LogP contribution in [-0.4, -0.2) is 24.8 Å². The van der Waals surface area contributed by atoms with Gasteiger partial charge in [0, 0.05) is 11.5 Å². The fourth-order valence-electron chi connectivity index (χ4n) is 4.42. The summed E-state index contributed by atoms with van der Waals surface area (Å²) >= 11 is 0. The Morgan fingerprint density at radius 1 is 0.912 bits per heavy atom. The van der Waals surface area contributed by atoms with Crippen molar-refractivity contribution in [3.8, 4) is 11.8 Å². The predicted octanol–water partition coefficient (Wildman–Crippen LogP) is 5.79. The van der Waals surface area contributed by atoms with Gasteiger partial charge in [-0.3, -0.25) is 4.79 Å². The Morgan fingerprint density at radius 3 is 2.29 bits per heavy atom. The number of carboxylic acid groups (broad SMARTS) is 1. The van der Waals surface area contributed by atoms with Gasteiger partial charge in [0.1, 0.15) is 5.75 Å². The van der Waals surface area contributed by atoms with E-state index in [1.165, 1.54) is 0 Å². The van der Waals surface area contributed by atoms with Crippen LogP contribution in [0.4, 0.5) is 0 Å². The number of benzene rings is 4. The van der Waals surface area contributed by atoms with Crippen molar-refractivity contribution in [2.45, 2.75) is 12.5 Å². The minimum Gasteiger partial charge on any atom is -0.496 e. The molecule has 4 aromatic carbocycles. The first kappa shape index (κ1) is 23.0. The molecule has 0 aromatic heterocycles. The summed E-state index contributed by atoms with van der Waals surface area (Å²) in [7, 11) is 1.54. The molecular formula is C29H25NO4. The highest BCUT2D eigenvalue weighted by molar-refractivity contribution is 5.89. The third kappa shape index (κ3) is 4.36. The minimum atomic E-state index is -1.90. The molecule has 0 spiro atoms. The van der Waals surface area contributed by atoms with Crippen LogP contribution in [0.5, 0.6) is 5.75 Å². The van der Waals surface area contributed by atoms with E-state index < -0.39 is 17.3 Å². The van der Waals surface area contributed by atoms with Gasteiger partial charge < -0.3 is 14.6 Å². The lowest BCUT2D eigenvalue weighted by atomic mass is 9.68. The third-order valence-electron chi connectivity index (χ3n) is 6.10. The monoisotopic (exact) mass is 451 g/mol. The Bertz CT molecular complexity index is 1320. The van der Waals surface area contributed by atoms with E-state index in [1.54, 1.807) is 13.2 Å². The maximum atomic E-state index is 12.9. The first-order chi connectivity index (χ1) is 16.6. The number of methoxy groups -OCH3 is 1. The van der Waals surface area contributed by atoms with E-state index in [-0.39, 0.29) is 13.2 Å². The molecule has 170 valence electrons. The smallest absolute Gasteiger partial charge is 0.327 e. The number of nitrogens with zero attached hydrogens (tertiary/aromatic N) is 1. The molecule has 0 amide bonds. The number of hydrogen-bond acceptors (Lipinski definition) is 4. The number of hydrogen-bond donors (Lipinski definition) is 1. The first-order valence-electron chi connectivity index (χ1n) is 11.0. The largest absolute Gasteiger partial charge is 0.496 e. The van der Waals surface area contributed by atoms with Gasteiger partial charge in [0.05, 0.1) is 26.4 Å². The van der Waals surface area contributed by atoms with Crippen LogP contribution in [-0.2, 0) is 16.1 Å². The number of carbonyl (C=O) groups is 1. The Kier molecular flexibility index (Phi) is 6.91. The maximum absolute atomic E-state index is 12.9. The molecular weight excluding hydrogens is 426 g/mol. The number of aliphatic carboxylic acids is 1. The third-order valence-corrected chi connectivity index (χ3v) is 6.10. The molecule has 5 heteroatoms. The summed E-state index contributed by atoms with van der Waals surface area (Å²) < 4.78 is 11.5. The summed E-state index contributed by atoms with van der Waals surface area (Å²) in [5.41, 5.74) is 0.357. The molecule has 0 aliphatic carbocycles. The zero-order valence-corrected chi connectivity index (χ0v) is 18.8. The fraction of sp³-hybridized carbons (Fsp3) is 0.172. The zero-order chi connectivity index (χ0) is 24.0. The van der Waals surface area contributed by atoms with Gasteiger partial charge in [0.2, 0.25) is 0 Å². The predicted molar refractivity (Wildman–Crippen MR) is 131 cm³/mol. The maximum Gasteiger partial charge on any atom is 0.327 e. The van der Waals surface area contributed by atoms with Crippen LogP contribution in [0.25, 0.3) is 10.8 Å². The highest BCUT2D eigenvalue weighted by Gasteiger charge is 2.50. The number of ether oxygens (including phenoxy) is 2. The van der Waals surface area contributed by atoms with Crippen molar-refractivity contribution in [1.82, 2.24) is 0 Å². The van der Waals surface area contributed by atoms with E-state index in [1.807, 2.05) is 91.0 Å². The van der Waals surface area contributed by atoms with Crippen molar-refractivity contribution in [3.63, 3.8) is 0 Å². The van der Waals surface area contributed by atoms with Crippen LogP contribution in [0.1, 0.15) is 22.6 Å². The molecule has 0 saturated heterocycles. The molecule has 4 rings (SSSR count). The van der Waals surface area contributed by atoms with Gasteiger partial charge in [0.15, 0.2) is 5.41 Å². The van der Waals surface area contributed by atoms with Gasteiger partial charge in [-0.2, -0.15) is 5.26 Å². The van der Waals surface area contributed by atoms with E-state index in [4.69, 9.17) is 9.47 Å². The number of fused-ring (bicyclic) bond motifs is 1. The summed E-state index contributed by atoms with van der Waals surface area (Å²) in [6.07, 6.45) is 0. The second-order valence-corrected chi connectivity index (χ2v) is 8.11.